The zero-order chi connectivity index (χ0) is 29.1. The van der Waals surface area contributed by atoms with Gasteiger partial charge in [-0.05, 0) is 59.2 Å². The Labute approximate surface area is 249 Å². The monoisotopic (exact) mass is 573 g/mol. The SMILES string of the molecule is O=C(N/N=C\c1ccc(OCc2ccccc2Cl)cc1)c1ccccc1NC(=O)C(c1ccccc1)c1ccccc1. The second kappa shape index (κ2) is 13.9. The maximum Gasteiger partial charge on any atom is 0.273 e. The van der Waals surface area contributed by atoms with E-state index in [1.165, 1.54) is 6.21 Å². The van der Waals surface area contributed by atoms with E-state index in [2.05, 4.69) is 15.8 Å². The molecule has 0 aliphatic heterocycles. The molecule has 0 aliphatic rings. The third-order valence-corrected chi connectivity index (χ3v) is 6.94. The van der Waals surface area contributed by atoms with Crippen LogP contribution in [0.5, 0.6) is 5.75 Å². The number of hydrogen-bond donors (Lipinski definition) is 2. The summed E-state index contributed by atoms with van der Waals surface area (Å²) in [5, 5.41) is 7.72. The van der Waals surface area contributed by atoms with Gasteiger partial charge in [-0.25, -0.2) is 5.43 Å². The maximum absolute atomic E-state index is 13.6. The highest BCUT2D eigenvalue weighted by Crippen LogP contribution is 2.27. The summed E-state index contributed by atoms with van der Waals surface area (Å²) >= 11 is 6.19. The molecule has 5 aromatic carbocycles. The molecule has 0 fully saturated rings. The maximum atomic E-state index is 13.6. The Bertz CT molecular complexity index is 1630. The van der Waals surface area contributed by atoms with Crippen LogP contribution in [-0.4, -0.2) is 18.0 Å². The van der Waals surface area contributed by atoms with Crippen molar-refractivity contribution in [2.45, 2.75) is 12.5 Å². The van der Waals surface area contributed by atoms with Crippen molar-refractivity contribution < 1.29 is 14.3 Å². The van der Waals surface area contributed by atoms with Gasteiger partial charge in [0.25, 0.3) is 5.91 Å². The number of carbonyl (C=O) groups is 2. The molecule has 0 unspecified atom stereocenters. The van der Waals surface area contributed by atoms with Crippen LogP contribution in [0.3, 0.4) is 0 Å². The quantitative estimate of drug-likeness (QED) is 0.134. The summed E-state index contributed by atoms with van der Waals surface area (Å²) in [4.78, 5) is 26.6. The minimum atomic E-state index is -0.543. The van der Waals surface area contributed by atoms with Gasteiger partial charge in [-0.3, -0.25) is 9.59 Å². The summed E-state index contributed by atoms with van der Waals surface area (Å²) in [6.45, 7) is 0.358. The van der Waals surface area contributed by atoms with Crippen LogP contribution in [0.4, 0.5) is 5.69 Å². The lowest BCUT2D eigenvalue weighted by Gasteiger charge is -2.19. The zero-order valence-corrected chi connectivity index (χ0v) is 23.4. The van der Waals surface area contributed by atoms with Crippen molar-refractivity contribution in [2.24, 2.45) is 5.10 Å². The number of hydrazone groups is 1. The van der Waals surface area contributed by atoms with Gasteiger partial charge in [0.05, 0.1) is 23.4 Å². The molecule has 0 saturated carbocycles. The Hall–Kier alpha value is -5.20. The number of hydrogen-bond acceptors (Lipinski definition) is 4. The number of carbonyl (C=O) groups excluding carboxylic acids is 2. The summed E-state index contributed by atoms with van der Waals surface area (Å²) < 4.78 is 5.81. The van der Waals surface area contributed by atoms with Gasteiger partial charge in [0, 0.05) is 10.6 Å². The highest BCUT2D eigenvalue weighted by atomic mass is 35.5. The average molecular weight is 574 g/mol. The second-order valence-corrected chi connectivity index (χ2v) is 9.84. The van der Waals surface area contributed by atoms with Crippen LogP contribution in [0, 0.1) is 0 Å². The third kappa shape index (κ3) is 7.30. The number of anilines is 1. The lowest BCUT2D eigenvalue weighted by molar-refractivity contribution is -0.116. The molecule has 0 aromatic heterocycles. The van der Waals surface area contributed by atoms with E-state index in [0.29, 0.717) is 28.6 Å². The van der Waals surface area contributed by atoms with Crippen LogP contribution < -0.4 is 15.5 Å². The van der Waals surface area contributed by atoms with E-state index in [-0.39, 0.29) is 5.91 Å². The fraction of sp³-hybridized carbons (Fsp3) is 0.0571. The molecule has 6 nitrogen and oxygen atoms in total. The number of nitrogens with one attached hydrogen (secondary N) is 2. The van der Waals surface area contributed by atoms with Gasteiger partial charge in [0.2, 0.25) is 5.91 Å². The lowest BCUT2D eigenvalue weighted by Crippen LogP contribution is -2.25. The van der Waals surface area contributed by atoms with Crippen molar-refractivity contribution in [3.63, 3.8) is 0 Å². The Kier molecular flexibility index (Phi) is 9.39. The number of para-hydroxylation sites is 1. The van der Waals surface area contributed by atoms with E-state index in [9.17, 15) is 9.59 Å². The van der Waals surface area contributed by atoms with Crippen LogP contribution in [0.15, 0.2) is 139 Å². The smallest absolute Gasteiger partial charge is 0.273 e. The lowest BCUT2D eigenvalue weighted by atomic mass is 9.90. The van der Waals surface area contributed by atoms with Crippen molar-refractivity contribution >= 4 is 35.3 Å². The van der Waals surface area contributed by atoms with Gasteiger partial charge in [-0.2, -0.15) is 5.10 Å². The van der Waals surface area contributed by atoms with E-state index < -0.39 is 11.8 Å². The number of nitrogens with zero attached hydrogens (tertiary/aromatic N) is 1. The van der Waals surface area contributed by atoms with Gasteiger partial charge in [-0.1, -0.05) is 103 Å². The van der Waals surface area contributed by atoms with Crippen LogP contribution in [0.25, 0.3) is 0 Å². The Balaban J connectivity index is 1.23. The molecule has 0 atom stereocenters. The van der Waals surface area contributed by atoms with E-state index in [1.54, 1.807) is 24.3 Å². The molecular weight excluding hydrogens is 546 g/mol. The molecule has 208 valence electrons. The van der Waals surface area contributed by atoms with Gasteiger partial charge in [-0.15, -0.1) is 0 Å². The van der Waals surface area contributed by atoms with Crippen molar-refractivity contribution in [1.82, 2.24) is 5.43 Å². The summed E-state index contributed by atoms with van der Waals surface area (Å²) in [5.74, 6) is -0.547. The predicted molar refractivity (Wildman–Crippen MR) is 167 cm³/mol. The molecule has 5 rings (SSSR count). The molecule has 0 saturated heterocycles. The topological polar surface area (TPSA) is 79.8 Å². The number of amides is 2. The molecule has 5 aromatic rings. The molecule has 2 N–H and O–H groups in total. The van der Waals surface area contributed by atoms with Gasteiger partial charge < -0.3 is 10.1 Å². The van der Waals surface area contributed by atoms with E-state index in [4.69, 9.17) is 16.3 Å². The largest absolute Gasteiger partial charge is 0.489 e. The molecule has 2 amide bonds. The van der Waals surface area contributed by atoms with Crippen molar-refractivity contribution in [1.29, 1.82) is 0 Å². The van der Waals surface area contributed by atoms with E-state index in [1.807, 2.05) is 109 Å². The summed E-state index contributed by atoms with van der Waals surface area (Å²) in [7, 11) is 0. The first kappa shape index (κ1) is 28.3. The minimum Gasteiger partial charge on any atom is -0.489 e. The molecular formula is C35H28ClN3O3. The number of halogens is 1. The van der Waals surface area contributed by atoms with Crippen LogP contribution in [0.1, 0.15) is 38.5 Å². The standard InChI is InChI=1S/C35H28ClN3O3/c36-31-17-9-7-15-28(31)24-42-29-21-19-25(20-22-29)23-37-39-34(40)30-16-8-10-18-32(30)38-35(41)33(26-11-3-1-4-12-26)27-13-5-2-6-14-27/h1-23,33H,24H2,(H,38,41)(H,39,40)/b37-23-. The van der Waals surface area contributed by atoms with Gasteiger partial charge in [0.1, 0.15) is 12.4 Å². The van der Waals surface area contributed by atoms with E-state index >= 15 is 0 Å². The van der Waals surface area contributed by atoms with Crippen molar-refractivity contribution in [3.05, 3.63) is 166 Å². The van der Waals surface area contributed by atoms with Crippen LogP contribution in [0.2, 0.25) is 5.02 Å². The Morgan fingerprint density at radius 3 is 2.00 bits per heavy atom. The molecule has 0 spiro atoms. The summed E-state index contributed by atoms with van der Waals surface area (Å²) in [6, 6.07) is 40.8. The van der Waals surface area contributed by atoms with Crippen LogP contribution >= 0.6 is 11.6 Å². The number of rotatable bonds is 10. The first-order valence-electron chi connectivity index (χ1n) is 13.4. The molecule has 0 heterocycles. The Morgan fingerprint density at radius 2 is 1.33 bits per heavy atom. The summed E-state index contributed by atoms with van der Waals surface area (Å²) in [6.07, 6.45) is 1.54. The average Bonchev–Trinajstić information content (AvgIpc) is 3.03. The highest BCUT2D eigenvalue weighted by Gasteiger charge is 2.24. The fourth-order valence-corrected chi connectivity index (χ4v) is 4.62. The first-order valence-corrected chi connectivity index (χ1v) is 13.8. The zero-order valence-electron chi connectivity index (χ0n) is 22.6. The molecule has 7 heteroatoms. The number of benzene rings is 5. The van der Waals surface area contributed by atoms with Gasteiger partial charge in [0.15, 0.2) is 0 Å². The summed E-state index contributed by atoms with van der Waals surface area (Å²) in [5.41, 5.74) is 6.63. The highest BCUT2D eigenvalue weighted by molar-refractivity contribution is 6.31. The number of ether oxygens (including phenoxy) is 1. The Morgan fingerprint density at radius 1 is 0.738 bits per heavy atom. The molecule has 0 radical (unpaired) electrons. The van der Waals surface area contributed by atoms with Crippen LogP contribution in [-0.2, 0) is 11.4 Å². The molecule has 0 bridgehead atoms. The van der Waals surface area contributed by atoms with Crippen molar-refractivity contribution in [3.8, 4) is 5.75 Å². The minimum absolute atomic E-state index is 0.243. The van der Waals surface area contributed by atoms with E-state index in [0.717, 1.165) is 22.3 Å². The third-order valence-electron chi connectivity index (χ3n) is 6.57. The normalized spacial score (nSPS) is 10.9. The second-order valence-electron chi connectivity index (χ2n) is 9.44. The fourth-order valence-electron chi connectivity index (χ4n) is 4.43. The molecule has 42 heavy (non-hydrogen) atoms. The van der Waals surface area contributed by atoms with Crippen molar-refractivity contribution in [2.75, 3.05) is 5.32 Å². The molecule has 0 aliphatic carbocycles. The predicted octanol–water partition coefficient (Wildman–Crippen LogP) is 7.45. The van der Waals surface area contributed by atoms with Gasteiger partial charge >= 0.3 is 0 Å². The first-order chi connectivity index (χ1) is 20.6.